The normalized spacial score (nSPS) is 8.90. The minimum atomic E-state index is -0.520. The van der Waals surface area contributed by atoms with E-state index in [-0.39, 0.29) is 0 Å². The maximum Gasteiger partial charge on any atom is 0.214 e. The van der Waals surface area contributed by atoms with E-state index >= 15 is 0 Å². The van der Waals surface area contributed by atoms with Crippen LogP contribution in [0.4, 0.5) is 4.39 Å². The molecule has 1 rings (SSSR count). The lowest BCUT2D eigenvalue weighted by molar-refractivity contribution is 0.579. The highest BCUT2D eigenvalue weighted by Gasteiger charge is 1.94. The highest BCUT2D eigenvalue weighted by atomic mass is 19.1. The van der Waals surface area contributed by atoms with Crippen LogP contribution in [0.2, 0.25) is 0 Å². The SMILES string of the molecule is C#Cc1cc(C)nc(F)c1. The molecule has 50 valence electrons. The van der Waals surface area contributed by atoms with Crippen LogP contribution in [-0.2, 0) is 0 Å². The summed E-state index contributed by atoms with van der Waals surface area (Å²) in [5, 5.41) is 0. The standard InChI is InChI=1S/C8H6FN/c1-3-7-4-6(2)10-8(9)5-7/h1,4-5H,2H3. The number of aryl methyl sites for hydroxylation is 1. The third-order valence-corrected chi connectivity index (χ3v) is 1.09. The molecule has 0 fully saturated rings. The summed E-state index contributed by atoms with van der Waals surface area (Å²) in [6.07, 6.45) is 5.04. The zero-order chi connectivity index (χ0) is 7.56. The van der Waals surface area contributed by atoms with Crippen molar-refractivity contribution in [2.45, 2.75) is 6.92 Å². The van der Waals surface area contributed by atoms with Gasteiger partial charge in [0.1, 0.15) is 0 Å². The number of nitrogens with zero attached hydrogens (tertiary/aromatic N) is 1. The van der Waals surface area contributed by atoms with Crippen molar-refractivity contribution in [2.75, 3.05) is 0 Å². The molecule has 0 aliphatic carbocycles. The van der Waals surface area contributed by atoms with Crippen molar-refractivity contribution in [3.63, 3.8) is 0 Å². The van der Waals surface area contributed by atoms with Gasteiger partial charge in [-0.1, -0.05) is 5.92 Å². The maximum atomic E-state index is 12.4. The van der Waals surface area contributed by atoms with Gasteiger partial charge >= 0.3 is 0 Å². The minimum absolute atomic E-state index is 0.520. The summed E-state index contributed by atoms with van der Waals surface area (Å²) in [5.74, 6) is 1.81. The van der Waals surface area contributed by atoms with E-state index in [1.165, 1.54) is 6.07 Å². The highest BCUT2D eigenvalue weighted by Crippen LogP contribution is 2.01. The van der Waals surface area contributed by atoms with E-state index in [9.17, 15) is 4.39 Å². The summed E-state index contributed by atoms with van der Waals surface area (Å²) in [7, 11) is 0. The lowest BCUT2D eigenvalue weighted by Crippen LogP contribution is -1.87. The molecule has 0 N–H and O–H groups in total. The quantitative estimate of drug-likeness (QED) is 0.388. The van der Waals surface area contributed by atoms with Crippen LogP contribution in [-0.4, -0.2) is 4.98 Å². The molecule has 0 saturated carbocycles. The topological polar surface area (TPSA) is 12.9 Å². The fourth-order valence-electron chi connectivity index (χ4n) is 0.711. The summed E-state index contributed by atoms with van der Waals surface area (Å²) in [4.78, 5) is 3.52. The van der Waals surface area contributed by atoms with Crippen LogP contribution in [0.15, 0.2) is 12.1 Å². The van der Waals surface area contributed by atoms with Crippen LogP contribution in [0.25, 0.3) is 0 Å². The first-order valence-corrected chi connectivity index (χ1v) is 2.83. The van der Waals surface area contributed by atoms with Gasteiger partial charge in [0.2, 0.25) is 5.95 Å². The van der Waals surface area contributed by atoms with Gasteiger partial charge in [0.25, 0.3) is 0 Å². The maximum absolute atomic E-state index is 12.4. The van der Waals surface area contributed by atoms with E-state index in [2.05, 4.69) is 10.9 Å². The van der Waals surface area contributed by atoms with E-state index in [0.717, 1.165) is 0 Å². The summed E-state index contributed by atoms with van der Waals surface area (Å²) in [6.45, 7) is 1.70. The Labute approximate surface area is 58.9 Å². The fraction of sp³-hybridized carbons (Fsp3) is 0.125. The second-order valence-electron chi connectivity index (χ2n) is 1.96. The molecule has 1 nitrogen and oxygen atoms in total. The van der Waals surface area contributed by atoms with Gasteiger partial charge in [0.15, 0.2) is 0 Å². The average Bonchev–Trinajstić information content (AvgIpc) is 1.85. The Kier molecular flexibility index (Phi) is 1.68. The predicted octanol–water partition coefficient (Wildman–Crippen LogP) is 1.51. The Morgan fingerprint density at radius 1 is 1.60 bits per heavy atom. The van der Waals surface area contributed by atoms with E-state index in [4.69, 9.17) is 6.42 Å². The van der Waals surface area contributed by atoms with Crippen molar-refractivity contribution in [1.82, 2.24) is 4.98 Å². The second-order valence-corrected chi connectivity index (χ2v) is 1.96. The molecule has 0 saturated heterocycles. The molecule has 0 amide bonds. The monoisotopic (exact) mass is 135 g/mol. The summed E-state index contributed by atoms with van der Waals surface area (Å²) < 4.78 is 12.4. The number of pyridine rings is 1. The molecular formula is C8H6FN. The van der Waals surface area contributed by atoms with Gasteiger partial charge in [-0.25, -0.2) is 4.98 Å². The van der Waals surface area contributed by atoms with E-state index in [0.29, 0.717) is 11.3 Å². The second kappa shape index (κ2) is 2.49. The number of terminal acetylenes is 1. The van der Waals surface area contributed by atoms with Crippen molar-refractivity contribution in [3.8, 4) is 12.3 Å². The molecule has 0 aliphatic heterocycles. The lowest BCUT2D eigenvalue weighted by atomic mass is 10.2. The van der Waals surface area contributed by atoms with Gasteiger partial charge in [-0.15, -0.1) is 6.42 Å². The van der Waals surface area contributed by atoms with Crippen LogP contribution in [0.5, 0.6) is 0 Å². The Balaban J connectivity index is 3.22. The molecule has 0 unspecified atom stereocenters. The first kappa shape index (κ1) is 6.76. The van der Waals surface area contributed by atoms with Crippen molar-refractivity contribution in [3.05, 3.63) is 29.3 Å². The van der Waals surface area contributed by atoms with Crippen molar-refractivity contribution in [2.24, 2.45) is 0 Å². The summed E-state index contributed by atoms with van der Waals surface area (Å²) >= 11 is 0. The molecule has 10 heavy (non-hydrogen) atoms. The molecule has 0 radical (unpaired) electrons. The van der Waals surface area contributed by atoms with E-state index < -0.39 is 5.95 Å². The molecule has 0 aromatic carbocycles. The number of halogens is 1. The van der Waals surface area contributed by atoms with Gasteiger partial charge in [-0.2, -0.15) is 4.39 Å². The van der Waals surface area contributed by atoms with Crippen LogP contribution in [0.1, 0.15) is 11.3 Å². The molecule has 0 bridgehead atoms. The fourth-order valence-corrected chi connectivity index (χ4v) is 0.711. The highest BCUT2D eigenvalue weighted by molar-refractivity contribution is 5.31. The average molecular weight is 135 g/mol. The van der Waals surface area contributed by atoms with Gasteiger partial charge < -0.3 is 0 Å². The van der Waals surface area contributed by atoms with Crippen molar-refractivity contribution >= 4 is 0 Å². The van der Waals surface area contributed by atoms with Gasteiger partial charge in [0, 0.05) is 17.3 Å². The Morgan fingerprint density at radius 3 is 2.80 bits per heavy atom. The van der Waals surface area contributed by atoms with Crippen molar-refractivity contribution < 1.29 is 4.39 Å². The Bertz CT molecular complexity index is 266. The largest absolute Gasteiger partial charge is 0.225 e. The first-order valence-electron chi connectivity index (χ1n) is 2.83. The summed E-state index contributed by atoms with van der Waals surface area (Å²) in [6, 6.07) is 2.88. The van der Waals surface area contributed by atoms with Crippen LogP contribution >= 0.6 is 0 Å². The molecule has 2 heteroatoms. The van der Waals surface area contributed by atoms with E-state index in [1.54, 1.807) is 13.0 Å². The number of aromatic nitrogens is 1. The smallest absolute Gasteiger partial charge is 0.214 e. The van der Waals surface area contributed by atoms with Crippen molar-refractivity contribution in [1.29, 1.82) is 0 Å². The van der Waals surface area contributed by atoms with Crippen LogP contribution in [0, 0.1) is 25.2 Å². The Morgan fingerprint density at radius 2 is 2.30 bits per heavy atom. The number of hydrogen-bond donors (Lipinski definition) is 0. The molecule has 0 aliphatic rings. The molecule has 1 aromatic heterocycles. The van der Waals surface area contributed by atoms with E-state index in [1.807, 2.05) is 0 Å². The molecular weight excluding hydrogens is 129 g/mol. The van der Waals surface area contributed by atoms with Gasteiger partial charge in [-0.05, 0) is 13.0 Å². The Hall–Kier alpha value is -1.36. The number of rotatable bonds is 0. The molecule has 0 spiro atoms. The molecule has 1 heterocycles. The zero-order valence-electron chi connectivity index (χ0n) is 5.56. The number of hydrogen-bond acceptors (Lipinski definition) is 1. The van der Waals surface area contributed by atoms with Gasteiger partial charge in [-0.3, -0.25) is 0 Å². The van der Waals surface area contributed by atoms with Crippen LogP contribution < -0.4 is 0 Å². The third kappa shape index (κ3) is 1.32. The predicted molar refractivity (Wildman–Crippen MR) is 36.9 cm³/mol. The lowest BCUT2D eigenvalue weighted by Gasteiger charge is -1.92. The zero-order valence-corrected chi connectivity index (χ0v) is 5.56. The summed E-state index contributed by atoms with van der Waals surface area (Å²) in [5.41, 5.74) is 1.14. The molecule has 1 aromatic rings. The third-order valence-electron chi connectivity index (χ3n) is 1.09. The van der Waals surface area contributed by atoms with Gasteiger partial charge in [0.05, 0.1) is 0 Å². The minimum Gasteiger partial charge on any atom is -0.225 e. The first-order chi connectivity index (χ1) is 4.72. The molecule has 0 atom stereocenters. The van der Waals surface area contributed by atoms with Crippen LogP contribution in [0.3, 0.4) is 0 Å².